The highest BCUT2D eigenvalue weighted by Gasteiger charge is 2.16. The van der Waals surface area contributed by atoms with Gasteiger partial charge >= 0.3 is 0 Å². The number of nitrogens with one attached hydrogen (secondary N) is 2. The van der Waals surface area contributed by atoms with Crippen LogP contribution in [0.4, 0.5) is 5.69 Å². The van der Waals surface area contributed by atoms with Crippen LogP contribution in [0.5, 0.6) is 0 Å². The molecule has 5 nitrogen and oxygen atoms in total. The SMILES string of the molecule is Cc1ccc(CNC(=O)c2cccc(NS(=O)(=O)c3cccs3)c2)cc1. The van der Waals surface area contributed by atoms with Crippen LogP contribution in [-0.4, -0.2) is 14.3 Å². The minimum Gasteiger partial charge on any atom is -0.348 e. The first-order valence-corrected chi connectivity index (χ1v) is 10.3. The zero-order chi connectivity index (χ0) is 18.6. The third-order valence-electron chi connectivity index (χ3n) is 3.71. The minimum absolute atomic E-state index is 0.228. The van der Waals surface area contributed by atoms with Gasteiger partial charge in [-0.3, -0.25) is 9.52 Å². The van der Waals surface area contributed by atoms with Crippen LogP contribution in [0.3, 0.4) is 0 Å². The lowest BCUT2D eigenvalue weighted by atomic mass is 10.1. The van der Waals surface area contributed by atoms with Crippen molar-refractivity contribution in [3.63, 3.8) is 0 Å². The first-order chi connectivity index (χ1) is 12.4. The summed E-state index contributed by atoms with van der Waals surface area (Å²) in [5.74, 6) is -0.261. The lowest BCUT2D eigenvalue weighted by Crippen LogP contribution is -2.23. The molecule has 3 rings (SSSR count). The molecule has 0 saturated heterocycles. The van der Waals surface area contributed by atoms with Crippen LogP contribution in [-0.2, 0) is 16.6 Å². The van der Waals surface area contributed by atoms with Crippen molar-refractivity contribution >= 4 is 33.0 Å². The molecule has 0 aliphatic rings. The van der Waals surface area contributed by atoms with Crippen molar-refractivity contribution in [1.29, 1.82) is 0 Å². The molecule has 0 aliphatic heterocycles. The standard InChI is InChI=1S/C19H18N2O3S2/c1-14-7-9-15(10-8-14)13-20-19(22)16-4-2-5-17(12-16)21-26(23,24)18-6-3-11-25-18/h2-12,21H,13H2,1H3,(H,20,22). The molecule has 1 aromatic heterocycles. The summed E-state index contributed by atoms with van der Waals surface area (Å²) in [6.45, 7) is 2.41. The summed E-state index contributed by atoms with van der Waals surface area (Å²) in [5.41, 5.74) is 2.90. The van der Waals surface area contributed by atoms with Crippen LogP contribution >= 0.6 is 11.3 Å². The number of aryl methyl sites for hydroxylation is 1. The van der Waals surface area contributed by atoms with Crippen molar-refractivity contribution in [3.8, 4) is 0 Å². The Hall–Kier alpha value is -2.64. The molecule has 1 amide bonds. The molecule has 0 fully saturated rings. The highest BCUT2D eigenvalue weighted by atomic mass is 32.2. The number of anilines is 1. The van der Waals surface area contributed by atoms with Gasteiger partial charge < -0.3 is 5.32 Å². The Bertz CT molecular complexity index is 996. The first kappa shape index (κ1) is 18.2. The van der Waals surface area contributed by atoms with Crippen molar-refractivity contribution in [2.45, 2.75) is 17.7 Å². The molecule has 0 spiro atoms. The second-order valence-electron chi connectivity index (χ2n) is 5.79. The maximum absolute atomic E-state index is 12.3. The van der Waals surface area contributed by atoms with Crippen molar-refractivity contribution in [2.24, 2.45) is 0 Å². The Labute approximate surface area is 156 Å². The number of rotatable bonds is 6. The number of carbonyl (C=O) groups is 1. The Morgan fingerprint density at radius 3 is 2.50 bits per heavy atom. The topological polar surface area (TPSA) is 75.3 Å². The largest absolute Gasteiger partial charge is 0.348 e. The molecular weight excluding hydrogens is 368 g/mol. The predicted octanol–water partition coefficient (Wildman–Crippen LogP) is 3.79. The summed E-state index contributed by atoms with van der Waals surface area (Å²) in [6, 6.07) is 17.5. The van der Waals surface area contributed by atoms with E-state index in [4.69, 9.17) is 0 Å². The van der Waals surface area contributed by atoms with Gasteiger partial charge in [0.2, 0.25) is 0 Å². The molecule has 0 atom stereocenters. The second-order valence-corrected chi connectivity index (χ2v) is 8.64. The molecule has 2 N–H and O–H groups in total. The van der Waals surface area contributed by atoms with Crippen molar-refractivity contribution < 1.29 is 13.2 Å². The maximum Gasteiger partial charge on any atom is 0.271 e. The zero-order valence-electron chi connectivity index (χ0n) is 14.1. The van der Waals surface area contributed by atoms with E-state index < -0.39 is 10.0 Å². The summed E-state index contributed by atoms with van der Waals surface area (Å²) >= 11 is 1.14. The smallest absolute Gasteiger partial charge is 0.271 e. The van der Waals surface area contributed by atoms with E-state index in [2.05, 4.69) is 10.0 Å². The first-order valence-electron chi connectivity index (χ1n) is 7.94. The number of amides is 1. The number of carbonyl (C=O) groups excluding carboxylic acids is 1. The Morgan fingerprint density at radius 2 is 1.81 bits per heavy atom. The van der Waals surface area contributed by atoms with Gasteiger partial charge in [0.1, 0.15) is 4.21 Å². The van der Waals surface area contributed by atoms with Crippen molar-refractivity contribution in [3.05, 3.63) is 82.7 Å². The zero-order valence-corrected chi connectivity index (χ0v) is 15.7. The number of benzene rings is 2. The fourth-order valence-electron chi connectivity index (χ4n) is 2.34. The van der Waals surface area contributed by atoms with E-state index in [1.807, 2.05) is 31.2 Å². The van der Waals surface area contributed by atoms with Crippen LogP contribution < -0.4 is 10.0 Å². The minimum atomic E-state index is -3.64. The van der Waals surface area contributed by atoms with Gasteiger partial charge in [-0.05, 0) is 42.1 Å². The quantitative estimate of drug-likeness (QED) is 0.677. The third kappa shape index (κ3) is 4.50. The molecule has 0 saturated carbocycles. The van der Waals surface area contributed by atoms with E-state index in [0.717, 1.165) is 22.5 Å². The van der Waals surface area contributed by atoms with Crippen LogP contribution in [0, 0.1) is 6.92 Å². The van der Waals surface area contributed by atoms with Gasteiger partial charge in [-0.15, -0.1) is 11.3 Å². The van der Waals surface area contributed by atoms with E-state index in [0.29, 0.717) is 17.8 Å². The van der Waals surface area contributed by atoms with E-state index in [1.54, 1.807) is 29.6 Å². The Balaban J connectivity index is 1.68. The van der Waals surface area contributed by atoms with Gasteiger partial charge in [0.15, 0.2) is 0 Å². The molecule has 0 bridgehead atoms. The summed E-state index contributed by atoms with van der Waals surface area (Å²) in [6.07, 6.45) is 0. The fourth-order valence-corrected chi connectivity index (χ4v) is 4.38. The van der Waals surface area contributed by atoms with E-state index in [1.165, 1.54) is 12.1 Å². The monoisotopic (exact) mass is 386 g/mol. The summed E-state index contributed by atoms with van der Waals surface area (Å²) in [7, 11) is -3.64. The molecule has 134 valence electrons. The highest BCUT2D eigenvalue weighted by Crippen LogP contribution is 2.20. The van der Waals surface area contributed by atoms with Crippen molar-refractivity contribution in [1.82, 2.24) is 5.32 Å². The third-order valence-corrected chi connectivity index (χ3v) is 6.49. The molecule has 2 aromatic carbocycles. The van der Waals surface area contributed by atoms with Crippen molar-refractivity contribution in [2.75, 3.05) is 4.72 Å². The van der Waals surface area contributed by atoms with Crippen LogP contribution in [0.2, 0.25) is 0 Å². The van der Waals surface area contributed by atoms with E-state index >= 15 is 0 Å². The number of hydrogen-bond donors (Lipinski definition) is 2. The molecule has 0 radical (unpaired) electrons. The van der Waals surface area contributed by atoms with Gasteiger partial charge in [-0.2, -0.15) is 0 Å². The van der Waals surface area contributed by atoms with Gasteiger partial charge in [-0.1, -0.05) is 42.0 Å². The molecule has 26 heavy (non-hydrogen) atoms. The lowest BCUT2D eigenvalue weighted by Gasteiger charge is -2.09. The number of hydrogen-bond acceptors (Lipinski definition) is 4. The van der Waals surface area contributed by atoms with E-state index in [9.17, 15) is 13.2 Å². The fraction of sp³-hybridized carbons (Fsp3) is 0.105. The van der Waals surface area contributed by atoms with Gasteiger partial charge in [0.05, 0.1) is 0 Å². The van der Waals surface area contributed by atoms with Gasteiger partial charge in [-0.25, -0.2) is 8.42 Å². The average molecular weight is 386 g/mol. The van der Waals surface area contributed by atoms with Gasteiger partial charge in [0, 0.05) is 17.8 Å². The Morgan fingerprint density at radius 1 is 1.04 bits per heavy atom. The predicted molar refractivity (Wildman–Crippen MR) is 104 cm³/mol. The lowest BCUT2D eigenvalue weighted by molar-refractivity contribution is 0.0951. The molecule has 3 aromatic rings. The summed E-state index contributed by atoms with van der Waals surface area (Å²) in [4.78, 5) is 12.3. The maximum atomic E-state index is 12.3. The molecule has 7 heteroatoms. The summed E-state index contributed by atoms with van der Waals surface area (Å²) in [5, 5.41) is 4.54. The normalized spacial score (nSPS) is 11.1. The van der Waals surface area contributed by atoms with Crippen LogP contribution in [0.25, 0.3) is 0 Å². The van der Waals surface area contributed by atoms with Crippen LogP contribution in [0.1, 0.15) is 21.5 Å². The summed E-state index contributed by atoms with van der Waals surface area (Å²) < 4.78 is 27.3. The highest BCUT2D eigenvalue weighted by molar-refractivity contribution is 7.94. The average Bonchev–Trinajstić information content (AvgIpc) is 3.16. The molecule has 1 heterocycles. The van der Waals surface area contributed by atoms with E-state index in [-0.39, 0.29) is 10.1 Å². The number of thiophene rings is 1. The Kier molecular flexibility index (Phi) is 5.39. The second kappa shape index (κ2) is 7.72. The molecule has 0 unspecified atom stereocenters. The molecular formula is C19H18N2O3S2. The number of sulfonamides is 1. The molecule has 0 aliphatic carbocycles. The van der Waals surface area contributed by atoms with Gasteiger partial charge in [0.25, 0.3) is 15.9 Å². The van der Waals surface area contributed by atoms with Crippen LogP contribution in [0.15, 0.2) is 70.3 Å².